The van der Waals surface area contributed by atoms with Crippen LogP contribution in [0.3, 0.4) is 0 Å². The molecule has 1 aromatic heterocycles. The minimum absolute atomic E-state index is 0.0661. The van der Waals surface area contributed by atoms with Crippen LogP contribution in [0.2, 0.25) is 5.02 Å². The van der Waals surface area contributed by atoms with Gasteiger partial charge in [-0.1, -0.05) is 18.0 Å². The van der Waals surface area contributed by atoms with Gasteiger partial charge in [-0.25, -0.2) is 4.98 Å². The maximum Gasteiger partial charge on any atom is 0.258 e. The molecule has 0 spiro atoms. The van der Waals surface area contributed by atoms with Crippen LogP contribution in [0.1, 0.15) is 31.0 Å². The van der Waals surface area contributed by atoms with Crippen molar-refractivity contribution in [1.29, 1.82) is 0 Å². The average Bonchev–Trinajstić information content (AvgIpc) is 2.13. The zero-order valence-electron chi connectivity index (χ0n) is 8.66. The van der Waals surface area contributed by atoms with E-state index in [-0.39, 0.29) is 5.56 Å². The van der Waals surface area contributed by atoms with Crippen LogP contribution in [0.15, 0.2) is 23.0 Å². The number of rotatable bonds is 1. The Morgan fingerprint density at radius 1 is 1.38 bits per heavy atom. The van der Waals surface area contributed by atoms with Crippen molar-refractivity contribution in [2.45, 2.75) is 25.2 Å². The fourth-order valence-electron chi connectivity index (χ4n) is 2.01. The molecule has 1 aromatic carbocycles. The van der Waals surface area contributed by atoms with E-state index in [9.17, 15) is 4.79 Å². The van der Waals surface area contributed by atoms with Crippen molar-refractivity contribution in [1.82, 2.24) is 9.97 Å². The first-order valence-corrected chi connectivity index (χ1v) is 5.81. The van der Waals surface area contributed by atoms with Crippen molar-refractivity contribution >= 4 is 22.5 Å². The number of hydrogen-bond acceptors (Lipinski definition) is 2. The lowest BCUT2D eigenvalue weighted by atomic mass is 9.85. The highest BCUT2D eigenvalue weighted by Gasteiger charge is 2.22. The summed E-state index contributed by atoms with van der Waals surface area (Å²) in [5.41, 5.74) is 0.627. The van der Waals surface area contributed by atoms with Crippen molar-refractivity contribution in [3.05, 3.63) is 39.4 Å². The number of nitrogens with zero attached hydrogens (tertiary/aromatic N) is 1. The molecule has 0 saturated heterocycles. The molecule has 0 radical (unpaired) electrons. The van der Waals surface area contributed by atoms with E-state index in [0.29, 0.717) is 21.8 Å². The Labute approximate surface area is 97.5 Å². The lowest BCUT2D eigenvalue weighted by molar-refractivity contribution is 0.402. The molecular formula is C12H11ClN2O. The molecular weight excluding hydrogens is 224 g/mol. The van der Waals surface area contributed by atoms with Crippen molar-refractivity contribution in [2.75, 3.05) is 0 Å². The van der Waals surface area contributed by atoms with Crippen molar-refractivity contribution in [3.8, 4) is 0 Å². The number of aromatic nitrogens is 2. The average molecular weight is 235 g/mol. The van der Waals surface area contributed by atoms with Crippen LogP contribution < -0.4 is 5.56 Å². The molecule has 4 heteroatoms. The van der Waals surface area contributed by atoms with Crippen molar-refractivity contribution in [3.63, 3.8) is 0 Å². The molecule has 0 atom stereocenters. The lowest BCUT2D eigenvalue weighted by Gasteiger charge is -2.24. The van der Waals surface area contributed by atoms with Gasteiger partial charge in [0.2, 0.25) is 0 Å². The van der Waals surface area contributed by atoms with Gasteiger partial charge < -0.3 is 4.98 Å². The Hall–Kier alpha value is -1.35. The molecule has 1 heterocycles. The molecule has 16 heavy (non-hydrogen) atoms. The molecule has 1 aliphatic carbocycles. The van der Waals surface area contributed by atoms with E-state index in [2.05, 4.69) is 9.97 Å². The lowest BCUT2D eigenvalue weighted by Crippen LogP contribution is -2.18. The second-order valence-electron chi connectivity index (χ2n) is 4.24. The normalized spacial score (nSPS) is 16.3. The summed E-state index contributed by atoms with van der Waals surface area (Å²) in [4.78, 5) is 19.2. The van der Waals surface area contributed by atoms with Gasteiger partial charge in [0.1, 0.15) is 5.82 Å². The molecule has 0 unspecified atom stereocenters. The maximum atomic E-state index is 11.8. The maximum absolute atomic E-state index is 11.8. The first-order chi connectivity index (χ1) is 7.74. The minimum Gasteiger partial charge on any atom is -0.310 e. The Balaban J connectivity index is 2.23. The summed E-state index contributed by atoms with van der Waals surface area (Å²) in [7, 11) is 0. The predicted octanol–water partition coefficient (Wildman–Crippen LogP) is 2.84. The second-order valence-corrected chi connectivity index (χ2v) is 4.68. The summed E-state index contributed by atoms with van der Waals surface area (Å²) in [6.07, 6.45) is 3.46. The second kappa shape index (κ2) is 3.59. The largest absolute Gasteiger partial charge is 0.310 e. The van der Waals surface area contributed by atoms with E-state index in [1.807, 2.05) is 0 Å². The van der Waals surface area contributed by atoms with Gasteiger partial charge in [0.25, 0.3) is 5.56 Å². The topological polar surface area (TPSA) is 45.8 Å². The summed E-state index contributed by atoms with van der Waals surface area (Å²) < 4.78 is 0. The van der Waals surface area contributed by atoms with Gasteiger partial charge >= 0.3 is 0 Å². The quantitative estimate of drug-likeness (QED) is 0.825. The number of halogens is 1. The summed E-state index contributed by atoms with van der Waals surface area (Å²) in [5.74, 6) is 1.24. The van der Waals surface area contributed by atoms with Gasteiger partial charge in [0, 0.05) is 10.9 Å². The monoisotopic (exact) mass is 234 g/mol. The first kappa shape index (κ1) is 9.85. The van der Waals surface area contributed by atoms with Crippen LogP contribution >= 0.6 is 11.6 Å². The Morgan fingerprint density at radius 2 is 2.19 bits per heavy atom. The number of fused-ring (bicyclic) bond motifs is 1. The minimum atomic E-state index is -0.0661. The highest BCUT2D eigenvalue weighted by atomic mass is 35.5. The third-order valence-corrected chi connectivity index (χ3v) is 3.41. The van der Waals surface area contributed by atoms with Gasteiger partial charge in [-0.2, -0.15) is 0 Å². The van der Waals surface area contributed by atoms with E-state index < -0.39 is 0 Å². The Kier molecular flexibility index (Phi) is 2.21. The fourth-order valence-corrected chi connectivity index (χ4v) is 2.17. The summed E-state index contributed by atoms with van der Waals surface area (Å²) in [6, 6.07) is 5.17. The number of aromatic amines is 1. The molecule has 0 aliphatic heterocycles. The van der Waals surface area contributed by atoms with E-state index in [1.165, 1.54) is 6.42 Å². The van der Waals surface area contributed by atoms with Gasteiger partial charge in [-0.3, -0.25) is 4.79 Å². The zero-order valence-corrected chi connectivity index (χ0v) is 9.42. The number of H-pyrrole nitrogens is 1. The van der Waals surface area contributed by atoms with Gasteiger partial charge in [-0.15, -0.1) is 0 Å². The standard InChI is InChI=1S/C12H11ClN2O/c13-8-4-5-9-10(6-8)14-11(15-12(9)16)7-2-1-3-7/h4-7H,1-3H2,(H,14,15,16). The van der Waals surface area contributed by atoms with Gasteiger partial charge in [0.05, 0.1) is 10.9 Å². The highest BCUT2D eigenvalue weighted by molar-refractivity contribution is 6.31. The van der Waals surface area contributed by atoms with Crippen LogP contribution in [0.25, 0.3) is 10.9 Å². The van der Waals surface area contributed by atoms with Crippen LogP contribution in [0.4, 0.5) is 0 Å². The molecule has 1 fully saturated rings. The molecule has 82 valence electrons. The fraction of sp³-hybridized carbons (Fsp3) is 0.333. The number of nitrogens with one attached hydrogen (secondary N) is 1. The third-order valence-electron chi connectivity index (χ3n) is 3.18. The molecule has 1 N–H and O–H groups in total. The number of benzene rings is 1. The predicted molar refractivity (Wildman–Crippen MR) is 64.0 cm³/mol. The molecule has 1 aliphatic rings. The van der Waals surface area contributed by atoms with Crippen LogP contribution in [-0.4, -0.2) is 9.97 Å². The summed E-state index contributed by atoms with van der Waals surface area (Å²) in [6.45, 7) is 0. The highest BCUT2D eigenvalue weighted by Crippen LogP contribution is 2.34. The molecule has 0 amide bonds. The number of hydrogen-bond donors (Lipinski definition) is 1. The van der Waals surface area contributed by atoms with E-state index in [4.69, 9.17) is 11.6 Å². The van der Waals surface area contributed by atoms with Crippen LogP contribution in [0.5, 0.6) is 0 Å². The molecule has 3 nitrogen and oxygen atoms in total. The van der Waals surface area contributed by atoms with E-state index in [0.717, 1.165) is 18.7 Å². The van der Waals surface area contributed by atoms with Crippen molar-refractivity contribution in [2.24, 2.45) is 0 Å². The zero-order chi connectivity index (χ0) is 11.1. The van der Waals surface area contributed by atoms with E-state index >= 15 is 0 Å². The van der Waals surface area contributed by atoms with Gasteiger partial charge in [0.15, 0.2) is 0 Å². The molecule has 0 bridgehead atoms. The smallest absolute Gasteiger partial charge is 0.258 e. The Morgan fingerprint density at radius 3 is 2.88 bits per heavy atom. The molecule has 2 aromatic rings. The Bertz CT molecular complexity index is 601. The molecule has 3 rings (SSSR count). The van der Waals surface area contributed by atoms with Crippen molar-refractivity contribution < 1.29 is 0 Å². The SMILES string of the molecule is O=c1[nH]c(C2CCC2)nc2cc(Cl)ccc12. The first-order valence-electron chi connectivity index (χ1n) is 5.43. The third kappa shape index (κ3) is 1.52. The summed E-state index contributed by atoms with van der Waals surface area (Å²) >= 11 is 5.90. The summed E-state index contributed by atoms with van der Waals surface area (Å²) in [5, 5.41) is 1.22. The van der Waals surface area contributed by atoms with Crippen LogP contribution in [-0.2, 0) is 0 Å². The van der Waals surface area contributed by atoms with Gasteiger partial charge in [-0.05, 0) is 31.0 Å². The molecule has 1 saturated carbocycles. The van der Waals surface area contributed by atoms with Crippen LogP contribution in [0, 0.1) is 0 Å². The van der Waals surface area contributed by atoms with E-state index in [1.54, 1.807) is 18.2 Å².